The number of carbonyl (C=O) groups excluding carboxylic acids is 3. The Kier molecular flexibility index (Phi) is 8.15. The van der Waals surface area contributed by atoms with Gasteiger partial charge in [0.2, 0.25) is 11.8 Å². The molecule has 1 N–H and O–H groups in total. The third kappa shape index (κ3) is 5.99. The van der Waals surface area contributed by atoms with Crippen LogP contribution in [-0.2, 0) is 16.1 Å². The molecule has 4 aromatic rings. The molecule has 5 rings (SSSR count). The summed E-state index contributed by atoms with van der Waals surface area (Å²) in [6.07, 6.45) is 5.43. The quantitative estimate of drug-likeness (QED) is 0.229. The van der Waals surface area contributed by atoms with E-state index in [9.17, 15) is 18.8 Å². The second-order valence-electron chi connectivity index (χ2n) is 10.1. The van der Waals surface area contributed by atoms with Crippen molar-refractivity contribution in [2.75, 3.05) is 18.5 Å². The van der Waals surface area contributed by atoms with Crippen LogP contribution >= 0.6 is 15.9 Å². The Labute approximate surface area is 243 Å². The normalized spacial score (nSPS) is 16.8. The summed E-state index contributed by atoms with van der Waals surface area (Å²) in [5, 5.41) is 7.80. The van der Waals surface area contributed by atoms with Crippen LogP contribution in [0.3, 0.4) is 0 Å². The van der Waals surface area contributed by atoms with Crippen molar-refractivity contribution >= 4 is 50.2 Å². The third-order valence-corrected chi connectivity index (χ3v) is 7.61. The van der Waals surface area contributed by atoms with Crippen LogP contribution < -0.4 is 5.32 Å². The molecule has 13 heteroatoms. The van der Waals surface area contributed by atoms with Crippen molar-refractivity contribution in [1.82, 2.24) is 34.6 Å². The van der Waals surface area contributed by atoms with E-state index in [-0.39, 0.29) is 42.8 Å². The topological polar surface area (TPSA) is 136 Å². The molecular weight excluding hydrogens is 595 g/mol. The van der Waals surface area contributed by atoms with Crippen LogP contribution in [0.5, 0.6) is 0 Å². The predicted octanol–water partition coefficient (Wildman–Crippen LogP) is 4.08. The lowest BCUT2D eigenvalue weighted by Gasteiger charge is -2.24. The molecule has 0 bridgehead atoms. The summed E-state index contributed by atoms with van der Waals surface area (Å²) in [4.78, 5) is 58.2. The molecule has 2 unspecified atom stereocenters. The summed E-state index contributed by atoms with van der Waals surface area (Å²) in [5.41, 5.74) is 2.70. The van der Waals surface area contributed by atoms with Crippen LogP contribution in [0.2, 0.25) is 0 Å². The van der Waals surface area contributed by atoms with Crippen molar-refractivity contribution in [2.45, 2.75) is 46.2 Å². The average molecular weight is 623 g/mol. The van der Waals surface area contributed by atoms with Crippen molar-refractivity contribution in [3.8, 4) is 11.3 Å². The first-order chi connectivity index (χ1) is 19.6. The Morgan fingerprint density at radius 1 is 1.12 bits per heavy atom. The lowest BCUT2D eigenvalue weighted by Crippen LogP contribution is -2.44. The summed E-state index contributed by atoms with van der Waals surface area (Å²) in [5.74, 6) is -0.195. The largest absolute Gasteiger partial charge is 0.329 e. The molecule has 41 heavy (non-hydrogen) atoms. The van der Waals surface area contributed by atoms with Crippen LogP contribution in [0.25, 0.3) is 22.2 Å². The number of aromatic nitrogens is 6. The fraction of sp³-hybridized carbons (Fsp3) is 0.357. The molecule has 5 heterocycles. The minimum atomic E-state index is -0.806. The highest BCUT2D eigenvalue weighted by Crippen LogP contribution is 2.29. The minimum Gasteiger partial charge on any atom is -0.329 e. The van der Waals surface area contributed by atoms with Crippen LogP contribution in [0.1, 0.15) is 41.6 Å². The molecule has 1 fully saturated rings. The van der Waals surface area contributed by atoms with E-state index in [1.807, 2.05) is 13.0 Å². The first kappa shape index (κ1) is 28.4. The van der Waals surface area contributed by atoms with Crippen LogP contribution in [0.4, 0.5) is 10.2 Å². The molecule has 0 saturated carbocycles. The summed E-state index contributed by atoms with van der Waals surface area (Å²) in [6, 6.07) is 4.51. The number of alkyl halides is 1. The van der Waals surface area contributed by atoms with Gasteiger partial charge in [-0.05, 0) is 66.2 Å². The number of rotatable bonds is 8. The molecule has 4 aromatic heterocycles. The fourth-order valence-electron chi connectivity index (χ4n) is 5.00. The second-order valence-corrected chi connectivity index (χ2v) is 10.9. The van der Waals surface area contributed by atoms with Crippen molar-refractivity contribution in [1.29, 1.82) is 0 Å². The summed E-state index contributed by atoms with van der Waals surface area (Å²) < 4.78 is 15.2. The number of hydrogen-bond acceptors (Lipinski definition) is 8. The number of carbonyl (C=O) groups is 3. The monoisotopic (exact) mass is 622 g/mol. The Morgan fingerprint density at radius 3 is 2.59 bits per heavy atom. The number of aryl methyl sites for hydroxylation is 2. The minimum absolute atomic E-state index is 0.167. The Hall–Kier alpha value is -4.13. The third-order valence-electron chi connectivity index (χ3n) is 7.16. The molecule has 1 aliphatic rings. The van der Waals surface area contributed by atoms with Gasteiger partial charge in [0, 0.05) is 36.8 Å². The number of Topliss-reactive ketones (excluding diaryl/α,β-unsaturated/α-hetero) is 1. The van der Waals surface area contributed by atoms with E-state index in [1.165, 1.54) is 16.5 Å². The van der Waals surface area contributed by atoms with Crippen molar-refractivity contribution in [3.05, 3.63) is 58.5 Å². The van der Waals surface area contributed by atoms with Gasteiger partial charge >= 0.3 is 0 Å². The number of amides is 2. The molecule has 11 nitrogen and oxygen atoms in total. The molecule has 2 amide bonds. The van der Waals surface area contributed by atoms with Crippen LogP contribution in [0, 0.1) is 19.8 Å². The highest BCUT2D eigenvalue weighted by Gasteiger charge is 2.40. The number of anilines is 1. The zero-order chi connectivity index (χ0) is 29.3. The van der Waals surface area contributed by atoms with E-state index >= 15 is 0 Å². The number of fused-ring (bicyclic) bond motifs is 1. The van der Waals surface area contributed by atoms with Gasteiger partial charge in [-0.3, -0.25) is 28.4 Å². The number of nitrogens with zero attached hydrogens (tertiary/aromatic N) is 7. The highest BCUT2D eigenvalue weighted by molar-refractivity contribution is 9.10. The molecule has 1 aliphatic heterocycles. The highest BCUT2D eigenvalue weighted by atomic mass is 79.9. The smallest absolute Gasteiger partial charge is 0.248 e. The molecule has 2 atom stereocenters. The summed E-state index contributed by atoms with van der Waals surface area (Å²) >= 11 is 3.31. The van der Waals surface area contributed by atoms with Gasteiger partial charge in [-0.25, -0.2) is 15.0 Å². The van der Waals surface area contributed by atoms with Crippen molar-refractivity contribution in [2.24, 2.45) is 5.92 Å². The lowest BCUT2D eigenvalue weighted by molar-refractivity contribution is -0.137. The lowest BCUT2D eigenvalue weighted by atomic mass is 10.0. The molecule has 0 spiro atoms. The van der Waals surface area contributed by atoms with Crippen molar-refractivity contribution < 1.29 is 18.8 Å². The Bertz CT molecular complexity index is 1640. The number of hydrogen-bond donors (Lipinski definition) is 1. The van der Waals surface area contributed by atoms with Gasteiger partial charge in [0.15, 0.2) is 5.78 Å². The molecule has 1 saturated heterocycles. The molecule has 0 aromatic carbocycles. The average Bonchev–Trinajstić information content (AvgIpc) is 3.53. The molecule has 0 radical (unpaired) electrons. The fourth-order valence-corrected chi connectivity index (χ4v) is 5.31. The van der Waals surface area contributed by atoms with Gasteiger partial charge in [-0.15, -0.1) is 0 Å². The number of ketones is 1. The number of pyridine rings is 2. The maximum Gasteiger partial charge on any atom is 0.248 e. The number of likely N-dealkylation sites (tertiary alicyclic amines) is 1. The maximum atomic E-state index is 13.6. The first-order valence-corrected chi connectivity index (χ1v) is 13.9. The zero-order valence-electron chi connectivity index (χ0n) is 22.8. The van der Waals surface area contributed by atoms with Gasteiger partial charge in [0.25, 0.3) is 0 Å². The van der Waals surface area contributed by atoms with E-state index < -0.39 is 18.6 Å². The van der Waals surface area contributed by atoms with E-state index in [1.54, 1.807) is 37.6 Å². The van der Waals surface area contributed by atoms with Gasteiger partial charge in [0.1, 0.15) is 34.5 Å². The molecule has 212 valence electrons. The van der Waals surface area contributed by atoms with E-state index in [4.69, 9.17) is 0 Å². The Balaban J connectivity index is 1.43. The maximum absolute atomic E-state index is 13.6. The standard InChI is InChI=1S/C28H28BrFN8O3/c1-15-4-5-24(29)34-27(15)35-28(41)22-8-18(6-7-30)13-37(22)25(40)14-38-23-12-33-21(19-10-31-17(3)32-11-19)9-20(23)26(36-38)16(2)39/h4-5,9-12,18,22H,6-8,13-14H2,1-3H3,(H,34,35,41). The van der Waals surface area contributed by atoms with E-state index in [0.29, 0.717) is 44.8 Å². The molecular formula is C28H28BrFN8O3. The Morgan fingerprint density at radius 2 is 1.88 bits per heavy atom. The predicted molar refractivity (Wildman–Crippen MR) is 153 cm³/mol. The summed E-state index contributed by atoms with van der Waals surface area (Å²) in [6.45, 7) is 4.48. The van der Waals surface area contributed by atoms with Crippen molar-refractivity contribution in [3.63, 3.8) is 0 Å². The first-order valence-electron chi connectivity index (χ1n) is 13.1. The van der Waals surface area contributed by atoms with Gasteiger partial charge in [0.05, 0.1) is 24.1 Å². The van der Waals surface area contributed by atoms with E-state index in [2.05, 4.69) is 46.3 Å². The van der Waals surface area contributed by atoms with Crippen LogP contribution in [-0.4, -0.2) is 71.5 Å². The SMILES string of the molecule is CC(=O)c1nn(CC(=O)N2CC(CCF)CC2C(=O)Nc2nc(Br)ccc2C)c2cnc(-c3cnc(C)nc3)cc12. The van der Waals surface area contributed by atoms with Crippen LogP contribution in [0.15, 0.2) is 41.4 Å². The summed E-state index contributed by atoms with van der Waals surface area (Å²) in [7, 11) is 0. The van der Waals surface area contributed by atoms with E-state index in [0.717, 1.165) is 5.56 Å². The zero-order valence-corrected chi connectivity index (χ0v) is 24.4. The second kappa shape index (κ2) is 11.8. The molecule has 0 aliphatic carbocycles. The number of nitrogens with one attached hydrogen (secondary N) is 1. The van der Waals surface area contributed by atoms with Gasteiger partial charge < -0.3 is 10.2 Å². The number of halogens is 2. The van der Waals surface area contributed by atoms with Gasteiger partial charge in [-0.2, -0.15) is 5.10 Å². The van der Waals surface area contributed by atoms with Gasteiger partial charge in [-0.1, -0.05) is 6.07 Å².